The minimum absolute atomic E-state index is 0.0660. The Balaban J connectivity index is 1.61. The molecular weight excluding hydrogens is 416 g/mol. The largest absolute Gasteiger partial charge is 0.330 e. The first kappa shape index (κ1) is 20.3. The molecule has 1 aromatic heterocycles. The molecule has 1 heterocycles. The van der Waals surface area contributed by atoms with Crippen molar-refractivity contribution in [3.05, 3.63) is 60.2 Å². The first-order chi connectivity index (χ1) is 13.3. The maximum absolute atomic E-state index is 12.6. The first-order valence-electron chi connectivity index (χ1n) is 8.24. The van der Waals surface area contributed by atoms with Crippen molar-refractivity contribution in [3.8, 4) is 0 Å². The van der Waals surface area contributed by atoms with Gasteiger partial charge in [0.25, 0.3) is 0 Å². The summed E-state index contributed by atoms with van der Waals surface area (Å²) in [6, 6.07) is 16.0. The Morgan fingerprint density at radius 2 is 1.71 bits per heavy atom. The predicted molar refractivity (Wildman–Crippen MR) is 114 cm³/mol. The highest BCUT2D eigenvalue weighted by Gasteiger charge is 2.19. The molecule has 7 nitrogen and oxygen atoms in total. The molecule has 0 fully saturated rings. The highest BCUT2D eigenvalue weighted by Crippen LogP contribution is 2.31. The number of anilines is 3. The molecule has 0 radical (unpaired) electrons. The van der Waals surface area contributed by atoms with Gasteiger partial charge in [0.15, 0.2) is 10.1 Å². The molecular formula is C18H18N4O3S3. The van der Waals surface area contributed by atoms with Crippen LogP contribution in [-0.4, -0.2) is 35.9 Å². The van der Waals surface area contributed by atoms with Gasteiger partial charge in [0.05, 0.1) is 11.5 Å². The molecule has 146 valence electrons. The molecule has 0 saturated carbocycles. The summed E-state index contributed by atoms with van der Waals surface area (Å²) in [6.45, 7) is 1.81. The van der Waals surface area contributed by atoms with Gasteiger partial charge in [0, 0.05) is 16.9 Å². The number of carbonyl (C=O) groups is 1. The van der Waals surface area contributed by atoms with Crippen LogP contribution in [0.1, 0.15) is 17.3 Å². The number of hydrogen-bond donors (Lipinski definition) is 2. The van der Waals surface area contributed by atoms with Crippen molar-refractivity contribution in [2.45, 2.75) is 16.5 Å². The van der Waals surface area contributed by atoms with E-state index >= 15 is 0 Å². The molecule has 3 aromatic rings. The van der Waals surface area contributed by atoms with Crippen LogP contribution in [0, 0.1) is 0 Å². The number of rotatable bonds is 8. The fraction of sp³-hybridized carbons (Fsp3) is 0.167. The number of sulfonamides is 1. The summed E-state index contributed by atoms with van der Waals surface area (Å²) in [5.41, 5.74) is 1.84. The minimum atomic E-state index is -3.35. The van der Waals surface area contributed by atoms with E-state index < -0.39 is 10.0 Å². The van der Waals surface area contributed by atoms with Crippen LogP contribution in [0.25, 0.3) is 0 Å². The second-order valence-electron chi connectivity index (χ2n) is 5.94. The Morgan fingerprint density at radius 3 is 2.36 bits per heavy atom. The number of para-hydroxylation sites is 1. The van der Waals surface area contributed by atoms with Crippen LogP contribution in [0.15, 0.2) is 58.9 Å². The van der Waals surface area contributed by atoms with Gasteiger partial charge in [-0.15, -0.1) is 10.2 Å². The van der Waals surface area contributed by atoms with Crippen molar-refractivity contribution in [2.75, 3.05) is 16.3 Å². The molecule has 2 N–H and O–H groups in total. The molecule has 0 aliphatic carbocycles. The summed E-state index contributed by atoms with van der Waals surface area (Å²) in [4.78, 5) is 12.6. The Labute approximate surface area is 171 Å². The number of thioether (sulfide) groups is 1. The van der Waals surface area contributed by atoms with E-state index in [2.05, 4.69) is 20.2 Å². The van der Waals surface area contributed by atoms with Gasteiger partial charge in [-0.3, -0.25) is 9.52 Å². The Hall–Kier alpha value is -2.43. The molecule has 10 heteroatoms. The summed E-state index contributed by atoms with van der Waals surface area (Å²) in [7, 11) is -3.35. The molecule has 0 amide bonds. The third kappa shape index (κ3) is 5.78. The maximum Gasteiger partial charge on any atom is 0.229 e. The summed E-state index contributed by atoms with van der Waals surface area (Å²) < 4.78 is 25.6. The van der Waals surface area contributed by atoms with E-state index in [9.17, 15) is 13.2 Å². The number of aromatic nitrogens is 2. The second kappa shape index (κ2) is 8.72. The summed E-state index contributed by atoms with van der Waals surface area (Å²) >= 11 is 2.71. The van der Waals surface area contributed by atoms with E-state index in [0.29, 0.717) is 20.7 Å². The van der Waals surface area contributed by atoms with E-state index in [1.54, 1.807) is 31.2 Å². The van der Waals surface area contributed by atoms with Crippen molar-refractivity contribution in [3.63, 3.8) is 0 Å². The molecule has 0 bridgehead atoms. The lowest BCUT2D eigenvalue weighted by molar-refractivity contribution is 0.0994. The van der Waals surface area contributed by atoms with Crippen molar-refractivity contribution < 1.29 is 13.2 Å². The van der Waals surface area contributed by atoms with Gasteiger partial charge < -0.3 is 5.32 Å². The van der Waals surface area contributed by atoms with Crippen molar-refractivity contribution >= 4 is 55.4 Å². The Bertz CT molecular complexity index is 1050. The van der Waals surface area contributed by atoms with Crippen molar-refractivity contribution in [2.24, 2.45) is 0 Å². The quantitative estimate of drug-likeness (QED) is 0.408. The topological polar surface area (TPSA) is 101 Å². The SMILES string of the molecule is C[C@H](Sc1nnc(Nc2ccccc2)s1)C(=O)c1ccc(NS(C)(=O)=O)cc1. The van der Waals surface area contributed by atoms with E-state index in [4.69, 9.17) is 0 Å². The fourth-order valence-electron chi connectivity index (χ4n) is 2.31. The zero-order valence-corrected chi connectivity index (χ0v) is 17.6. The average Bonchev–Trinajstić information content (AvgIpc) is 3.08. The molecule has 3 rings (SSSR count). The van der Waals surface area contributed by atoms with E-state index in [0.717, 1.165) is 11.9 Å². The summed E-state index contributed by atoms with van der Waals surface area (Å²) in [5.74, 6) is -0.0660. The lowest BCUT2D eigenvalue weighted by atomic mass is 10.1. The highest BCUT2D eigenvalue weighted by molar-refractivity contribution is 8.02. The van der Waals surface area contributed by atoms with Gasteiger partial charge >= 0.3 is 0 Å². The van der Waals surface area contributed by atoms with Crippen LogP contribution in [-0.2, 0) is 10.0 Å². The predicted octanol–water partition coefficient (Wildman–Crippen LogP) is 4.02. The van der Waals surface area contributed by atoms with Gasteiger partial charge in [-0.25, -0.2) is 8.42 Å². The molecule has 0 saturated heterocycles. The fourth-order valence-corrected chi connectivity index (χ4v) is 4.87. The number of benzene rings is 2. The normalized spacial score (nSPS) is 12.4. The zero-order valence-electron chi connectivity index (χ0n) is 15.1. The highest BCUT2D eigenvalue weighted by atomic mass is 32.2. The van der Waals surface area contributed by atoms with Crippen LogP contribution >= 0.6 is 23.1 Å². The average molecular weight is 435 g/mol. The van der Waals surface area contributed by atoms with Gasteiger partial charge in [-0.05, 0) is 43.3 Å². The number of ketones is 1. The molecule has 0 aliphatic heterocycles. The van der Waals surface area contributed by atoms with Crippen LogP contribution in [0.4, 0.5) is 16.5 Å². The number of carbonyl (C=O) groups excluding carboxylic acids is 1. The van der Waals surface area contributed by atoms with E-state index in [-0.39, 0.29) is 11.0 Å². The molecule has 28 heavy (non-hydrogen) atoms. The van der Waals surface area contributed by atoms with Crippen LogP contribution in [0.2, 0.25) is 0 Å². The van der Waals surface area contributed by atoms with Crippen LogP contribution in [0.3, 0.4) is 0 Å². The summed E-state index contributed by atoms with van der Waals surface area (Å²) in [5, 5.41) is 11.7. The minimum Gasteiger partial charge on any atom is -0.330 e. The Morgan fingerprint density at radius 1 is 1.04 bits per heavy atom. The van der Waals surface area contributed by atoms with Crippen LogP contribution in [0.5, 0.6) is 0 Å². The zero-order chi connectivity index (χ0) is 20.1. The maximum atomic E-state index is 12.6. The van der Waals surface area contributed by atoms with E-state index in [1.165, 1.54) is 23.1 Å². The molecule has 0 aliphatic rings. The number of Topliss-reactive ketones (excluding diaryl/α,β-unsaturated/α-hetero) is 1. The number of nitrogens with zero attached hydrogens (tertiary/aromatic N) is 2. The standard InChI is InChI=1S/C18H18N4O3S3/c1-12(16(23)13-8-10-15(11-9-13)22-28(2,24)25)26-18-21-20-17(27-18)19-14-6-4-3-5-7-14/h3-12,22H,1-2H3,(H,19,20)/t12-/m0/s1. The molecule has 2 aromatic carbocycles. The van der Waals surface area contributed by atoms with Crippen molar-refractivity contribution in [1.29, 1.82) is 0 Å². The van der Waals surface area contributed by atoms with Gasteiger partial charge in [-0.2, -0.15) is 0 Å². The lowest BCUT2D eigenvalue weighted by Gasteiger charge is -2.09. The molecule has 0 spiro atoms. The third-order valence-electron chi connectivity index (χ3n) is 3.55. The Kier molecular flexibility index (Phi) is 6.32. The van der Waals surface area contributed by atoms with Crippen molar-refractivity contribution in [1.82, 2.24) is 10.2 Å². The second-order valence-corrected chi connectivity index (χ2v) is 10.3. The number of hydrogen-bond acceptors (Lipinski definition) is 8. The van der Waals surface area contributed by atoms with Gasteiger partial charge in [0.1, 0.15) is 0 Å². The number of nitrogens with one attached hydrogen (secondary N) is 2. The monoisotopic (exact) mass is 434 g/mol. The molecule has 0 unspecified atom stereocenters. The third-order valence-corrected chi connectivity index (χ3v) is 6.18. The summed E-state index contributed by atoms with van der Waals surface area (Å²) in [6.07, 6.45) is 1.08. The lowest BCUT2D eigenvalue weighted by Crippen LogP contribution is -2.14. The molecule has 1 atom stereocenters. The van der Waals surface area contributed by atoms with Gasteiger partial charge in [-0.1, -0.05) is 41.3 Å². The smallest absolute Gasteiger partial charge is 0.229 e. The first-order valence-corrected chi connectivity index (χ1v) is 11.8. The van der Waals surface area contributed by atoms with E-state index in [1.807, 2.05) is 30.3 Å². The van der Waals surface area contributed by atoms with Crippen LogP contribution < -0.4 is 10.0 Å². The van der Waals surface area contributed by atoms with Gasteiger partial charge in [0.2, 0.25) is 15.2 Å².